The van der Waals surface area contributed by atoms with Crippen molar-refractivity contribution >= 4 is 21.6 Å². The van der Waals surface area contributed by atoms with Crippen molar-refractivity contribution in [3.05, 3.63) is 53.6 Å². The summed E-state index contributed by atoms with van der Waals surface area (Å²) in [6.45, 7) is 3.04. The number of carbonyl (C=O) groups excluding carboxylic acids is 1. The van der Waals surface area contributed by atoms with Gasteiger partial charge in [0.15, 0.2) is 0 Å². The number of nitrogens with zero attached hydrogens (tertiary/aromatic N) is 2. The van der Waals surface area contributed by atoms with Crippen LogP contribution in [0.2, 0.25) is 0 Å². The number of likely N-dealkylation sites (tertiary alicyclic amines) is 1. The van der Waals surface area contributed by atoms with Gasteiger partial charge in [-0.05, 0) is 63.7 Å². The summed E-state index contributed by atoms with van der Waals surface area (Å²) < 4.78 is 34.0. The Kier molecular flexibility index (Phi) is 6.67. The number of methoxy groups -OCH3 is 1. The number of nitrogens with one attached hydrogen (secondary N) is 1. The van der Waals surface area contributed by atoms with E-state index in [1.807, 2.05) is 19.0 Å². The van der Waals surface area contributed by atoms with E-state index < -0.39 is 10.0 Å². The number of piperidine rings is 1. The quantitative estimate of drug-likeness (QED) is 0.761. The number of amides is 1. The minimum Gasteiger partial charge on any atom is -0.495 e. The summed E-state index contributed by atoms with van der Waals surface area (Å²) in [6.07, 6.45) is 1.98. The van der Waals surface area contributed by atoms with Crippen LogP contribution in [0.4, 0.5) is 5.69 Å². The third-order valence-electron chi connectivity index (χ3n) is 5.49. The molecule has 3 rings (SSSR count). The summed E-state index contributed by atoms with van der Waals surface area (Å²) in [5, 5.41) is 0. The molecule has 7 nitrogen and oxygen atoms in total. The van der Waals surface area contributed by atoms with Crippen molar-refractivity contribution in [2.45, 2.75) is 30.7 Å². The van der Waals surface area contributed by atoms with E-state index >= 15 is 0 Å². The van der Waals surface area contributed by atoms with Crippen LogP contribution >= 0.6 is 0 Å². The average molecular weight is 432 g/mol. The Hall–Kier alpha value is -2.58. The molecule has 1 saturated heterocycles. The molecule has 0 bridgehead atoms. The summed E-state index contributed by atoms with van der Waals surface area (Å²) in [4.78, 5) is 17.1. The van der Waals surface area contributed by atoms with Gasteiger partial charge in [-0.1, -0.05) is 18.2 Å². The summed E-state index contributed by atoms with van der Waals surface area (Å²) in [5.74, 6) is 0.282. The molecule has 0 aliphatic carbocycles. The minimum absolute atomic E-state index is 0.0837. The lowest BCUT2D eigenvalue weighted by atomic mass is 10.0. The molecule has 0 radical (unpaired) electrons. The Labute approximate surface area is 178 Å². The topological polar surface area (TPSA) is 78.9 Å². The maximum Gasteiger partial charge on any atom is 0.262 e. The highest BCUT2D eigenvalue weighted by atomic mass is 32.2. The van der Waals surface area contributed by atoms with Crippen LogP contribution in [-0.2, 0) is 10.0 Å². The van der Waals surface area contributed by atoms with Crippen molar-refractivity contribution in [1.82, 2.24) is 9.80 Å². The predicted octanol–water partition coefficient (Wildman–Crippen LogP) is 2.97. The van der Waals surface area contributed by atoms with E-state index in [1.165, 1.54) is 13.2 Å². The van der Waals surface area contributed by atoms with Crippen LogP contribution in [-0.4, -0.2) is 64.5 Å². The van der Waals surface area contributed by atoms with Crippen molar-refractivity contribution in [2.75, 3.05) is 39.0 Å². The molecular weight excluding hydrogens is 402 g/mol. The number of rotatable bonds is 6. The zero-order valence-electron chi connectivity index (χ0n) is 17.9. The van der Waals surface area contributed by atoms with E-state index in [2.05, 4.69) is 9.62 Å². The summed E-state index contributed by atoms with van der Waals surface area (Å²) in [5.41, 5.74) is 1.29. The van der Waals surface area contributed by atoms with Crippen LogP contribution < -0.4 is 9.46 Å². The Morgan fingerprint density at radius 2 is 1.93 bits per heavy atom. The number of likely N-dealkylation sites (N-methyl/N-ethyl adjacent to an activating group) is 1. The second-order valence-corrected chi connectivity index (χ2v) is 9.45. The van der Waals surface area contributed by atoms with Gasteiger partial charge < -0.3 is 14.5 Å². The van der Waals surface area contributed by atoms with E-state index in [1.54, 1.807) is 43.3 Å². The van der Waals surface area contributed by atoms with E-state index in [-0.39, 0.29) is 10.8 Å². The molecule has 0 saturated carbocycles. The first-order chi connectivity index (χ1) is 14.2. The van der Waals surface area contributed by atoms with Crippen LogP contribution in [0.25, 0.3) is 0 Å². The molecule has 1 atom stereocenters. The average Bonchev–Trinajstić information content (AvgIpc) is 2.73. The van der Waals surface area contributed by atoms with Gasteiger partial charge in [0.05, 0.1) is 17.7 Å². The van der Waals surface area contributed by atoms with Crippen LogP contribution in [0.1, 0.15) is 28.8 Å². The number of sulfonamides is 1. The first-order valence-corrected chi connectivity index (χ1v) is 11.4. The Morgan fingerprint density at radius 3 is 2.63 bits per heavy atom. The van der Waals surface area contributed by atoms with Gasteiger partial charge in [0.2, 0.25) is 0 Å². The Morgan fingerprint density at radius 1 is 1.20 bits per heavy atom. The van der Waals surface area contributed by atoms with E-state index in [0.717, 1.165) is 12.8 Å². The van der Waals surface area contributed by atoms with Crippen molar-refractivity contribution in [3.63, 3.8) is 0 Å². The van der Waals surface area contributed by atoms with Gasteiger partial charge in [-0.25, -0.2) is 8.42 Å². The van der Waals surface area contributed by atoms with Crippen LogP contribution in [0.15, 0.2) is 47.4 Å². The molecule has 1 unspecified atom stereocenters. The highest BCUT2D eigenvalue weighted by Gasteiger charge is 2.27. The van der Waals surface area contributed by atoms with Gasteiger partial charge in [-0.2, -0.15) is 0 Å². The van der Waals surface area contributed by atoms with E-state index in [9.17, 15) is 13.2 Å². The zero-order valence-corrected chi connectivity index (χ0v) is 18.7. The smallest absolute Gasteiger partial charge is 0.262 e. The standard InChI is InChI=1S/C22H29N3O4S/c1-16-11-12-17(22(26)25-13-7-8-18(15-25)24(2)3)14-21(16)30(27,28)23-19-9-5-6-10-20(19)29-4/h5-6,9-12,14,18,23H,7-8,13,15H2,1-4H3. The maximum atomic E-state index is 13.1. The lowest BCUT2D eigenvalue weighted by Crippen LogP contribution is -2.47. The molecule has 1 aliphatic heterocycles. The van der Waals surface area contributed by atoms with Gasteiger partial charge in [0, 0.05) is 24.7 Å². The summed E-state index contributed by atoms with van der Waals surface area (Å²) >= 11 is 0. The van der Waals surface area contributed by atoms with Crippen molar-refractivity contribution in [2.24, 2.45) is 0 Å². The molecule has 1 amide bonds. The van der Waals surface area contributed by atoms with Gasteiger partial charge in [-0.3, -0.25) is 9.52 Å². The number of aryl methyl sites for hydroxylation is 1. The summed E-state index contributed by atoms with van der Waals surface area (Å²) in [6, 6.07) is 12.0. The third kappa shape index (κ3) is 4.76. The summed E-state index contributed by atoms with van der Waals surface area (Å²) in [7, 11) is 1.61. The molecule has 162 valence electrons. The molecular formula is C22H29N3O4S. The predicted molar refractivity (Wildman–Crippen MR) is 118 cm³/mol. The Bertz CT molecular complexity index is 1020. The number of para-hydroxylation sites is 2. The third-order valence-corrected chi connectivity index (χ3v) is 7.00. The van der Waals surface area contributed by atoms with E-state index in [4.69, 9.17) is 4.74 Å². The largest absolute Gasteiger partial charge is 0.495 e. The van der Waals surface area contributed by atoms with E-state index in [0.29, 0.717) is 41.7 Å². The molecule has 30 heavy (non-hydrogen) atoms. The number of benzene rings is 2. The lowest BCUT2D eigenvalue weighted by molar-refractivity contribution is 0.0635. The van der Waals surface area contributed by atoms with Gasteiger partial charge in [0.1, 0.15) is 5.75 Å². The maximum absolute atomic E-state index is 13.1. The fourth-order valence-electron chi connectivity index (χ4n) is 3.69. The molecule has 1 fully saturated rings. The van der Waals surface area contributed by atoms with Crippen LogP contribution in [0.5, 0.6) is 5.75 Å². The lowest BCUT2D eigenvalue weighted by Gasteiger charge is -2.36. The normalized spacial score (nSPS) is 17.1. The van der Waals surface area contributed by atoms with Gasteiger partial charge in [-0.15, -0.1) is 0 Å². The molecule has 1 aliphatic rings. The molecule has 0 aromatic heterocycles. The fourth-order valence-corrected chi connectivity index (χ4v) is 5.04. The second-order valence-electron chi connectivity index (χ2n) is 7.80. The number of hydrogen-bond acceptors (Lipinski definition) is 5. The molecule has 1 heterocycles. The molecule has 2 aromatic carbocycles. The van der Waals surface area contributed by atoms with Crippen LogP contribution in [0, 0.1) is 6.92 Å². The molecule has 0 spiro atoms. The van der Waals surface area contributed by atoms with Gasteiger partial charge in [0.25, 0.3) is 15.9 Å². The molecule has 8 heteroatoms. The highest BCUT2D eigenvalue weighted by molar-refractivity contribution is 7.92. The Balaban J connectivity index is 1.88. The van der Waals surface area contributed by atoms with Crippen molar-refractivity contribution in [3.8, 4) is 5.75 Å². The van der Waals surface area contributed by atoms with Gasteiger partial charge >= 0.3 is 0 Å². The fraction of sp³-hybridized carbons (Fsp3) is 0.409. The second kappa shape index (κ2) is 9.06. The van der Waals surface area contributed by atoms with Crippen molar-refractivity contribution in [1.29, 1.82) is 0 Å². The number of anilines is 1. The molecule has 2 aromatic rings. The number of carbonyl (C=O) groups is 1. The zero-order chi connectivity index (χ0) is 21.9. The SMILES string of the molecule is COc1ccccc1NS(=O)(=O)c1cc(C(=O)N2CCCC(N(C)C)C2)ccc1C. The van der Waals surface area contributed by atoms with Crippen LogP contribution in [0.3, 0.4) is 0 Å². The monoisotopic (exact) mass is 431 g/mol. The number of ether oxygens (including phenoxy) is 1. The minimum atomic E-state index is -3.90. The first-order valence-electron chi connectivity index (χ1n) is 9.95. The molecule has 1 N–H and O–H groups in total. The highest BCUT2D eigenvalue weighted by Crippen LogP contribution is 2.28. The first kappa shape index (κ1) is 22.1. The van der Waals surface area contributed by atoms with Crippen molar-refractivity contribution < 1.29 is 17.9 Å². The number of hydrogen-bond donors (Lipinski definition) is 1.